The number of thioether (sulfide) groups is 1. The molecule has 1 heterocycles. The van der Waals surface area contributed by atoms with E-state index in [1.807, 2.05) is 6.26 Å². The van der Waals surface area contributed by atoms with E-state index in [0.29, 0.717) is 19.5 Å². The summed E-state index contributed by atoms with van der Waals surface area (Å²) in [6, 6.07) is 0. The van der Waals surface area contributed by atoms with Gasteiger partial charge < -0.3 is 10.0 Å². The fraction of sp³-hybridized carbons (Fsp3) is 0.800. The van der Waals surface area contributed by atoms with Crippen LogP contribution in [0.2, 0.25) is 0 Å². The quantitative estimate of drug-likeness (QED) is 0.764. The minimum absolute atomic E-state index is 0.140. The van der Waals surface area contributed by atoms with Gasteiger partial charge in [0.05, 0.1) is 5.92 Å². The van der Waals surface area contributed by atoms with Crippen LogP contribution in [-0.2, 0) is 9.59 Å². The number of hydrogen-bond acceptors (Lipinski definition) is 3. The monoisotopic (exact) mass is 231 g/mol. The van der Waals surface area contributed by atoms with Crippen LogP contribution in [0.15, 0.2) is 0 Å². The molecule has 0 aromatic rings. The largest absolute Gasteiger partial charge is 0.481 e. The summed E-state index contributed by atoms with van der Waals surface area (Å²) in [6.07, 6.45) is 2.54. The van der Waals surface area contributed by atoms with Crippen LogP contribution in [-0.4, -0.2) is 47.0 Å². The zero-order valence-electron chi connectivity index (χ0n) is 9.10. The SMILES string of the molecule is CSCCC(=O)N1CC(C(C)C(=O)O)C1. The third kappa shape index (κ3) is 3.12. The molecule has 0 aromatic carbocycles. The molecule has 86 valence electrons. The first-order valence-electron chi connectivity index (χ1n) is 5.05. The maximum atomic E-state index is 11.5. The van der Waals surface area contributed by atoms with Crippen molar-refractivity contribution in [3.63, 3.8) is 0 Å². The number of amides is 1. The minimum Gasteiger partial charge on any atom is -0.481 e. The minimum atomic E-state index is -0.767. The molecule has 1 atom stereocenters. The second kappa shape index (κ2) is 5.39. The fourth-order valence-electron chi connectivity index (χ4n) is 1.58. The van der Waals surface area contributed by atoms with Crippen molar-refractivity contribution < 1.29 is 14.7 Å². The molecule has 1 aliphatic rings. The van der Waals surface area contributed by atoms with E-state index in [0.717, 1.165) is 5.75 Å². The summed E-state index contributed by atoms with van der Waals surface area (Å²) in [5, 5.41) is 8.78. The van der Waals surface area contributed by atoms with Crippen molar-refractivity contribution in [3.8, 4) is 0 Å². The molecule has 1 fully saturated rings. The highest BCUT2D eigenvalue weighted by atomic mass is 32.2. The smallest absolute Gasteiger partial charge is 0.306 e. The normalized spacial score (nSPS) is 18.4. The summed E-state index contributed by atoms with van der Waals surface area (Å²) in [7, 11) is 0. The van der Waals surface area contributed by atoms with E-state index in [9.17, 15) is 9.59 Å². The number of carbonyl (C=O) groups excluding carboxylic acids is 1. The number of likely N-dealkylation sites (tertiary alicyclic amines) is 1. The summed E-state index contributed by atoms with van der Waals surface area (Å²) < 4.78 is 0. The van der Waals surface area contributed by atoms with Crippen LogP contribution in [0.1, 0.15) is 13.3 Å². The Morgan fingerprint density at radius 3 is 2.60 bits per heavy atom. The predicted molar refractivity (Wildman–Crippen MR) is 59.9 cm³/mol. The highest BCUT2D eigenvalue weighted by molar-refractivity contribution is 7.98. The molecule has 1 saturated heterocycles. The Labute approximate surface area is 94.0 Å². The van der Waals surface area contributed by atoms with Crippen LogP contribution >= 0.6 is 11.8 Å². The Bertz CT molecular complexity index is 251. The van der Waals surface area contributed by atoms with Crippen LogP contribution in [0.4, 0.5) is 0 Å². The zero-order chi connectivity index (χ0) is 11.4. The number of carboxylic acid groups (broad SMARTS) is 1. The van der Waals surface area contributed by atoms with E-state index in [1.165, 1.54) is 0 Å². The molecular weight excluding hydrogens is 214 g/mol. The van der Waals surface area contributed by atoms with Crippen LogP contribution in [0.5, 0.6) is 0 Å². The summed E-state index contributed by atoms with van der Waals surface area (Å²) in [6.45, 7) is 2.93. The predicted octanol–water partition coefficient (Wildman–Crippen LogP) is 0.919. The highest BCUT2D eigenvalue weighted by Gasteiger charge is 2.36. The summed E-state index contributed by atoms with van der Waals surface area (Å²) in [4.78, 5) is 23.9. The van der Waals surface area contributed by atoms with Gasteiger partial charge in [-0.3, -0.25) is 9.59 Å². The Morgan fingerprint density at radius 2 is 2.13 bits per heavy atom. The van der Waals surface area contributed by atoms with Gasteiger partial charge in [-0.15, -0.1) is 0 Å². The zero-order valence-corrected chi connectivity index (χ0v) is 9.92. The first-order chi connectivity index (χ1) is 7.06. The molecule has 0 aromatic heterocycles. The fourth-order valence-corrected chi connectivity index (χ4v) is 1.96. The van der Waals surface area contributed by atoms with Gasteiger partial charge in [0.15, 0.2) is 0 Å². The molecule has 1 amide bonds. The van der Waals surface area contributed by atoms with Crippen molar-refractivity contribution in [2.45, 2.75) is 13.3 Å². The molecule has 1 aliphatic heterocycles. The average Bonchev–Trinajstić information content (AvgIpc) is 2.11. The van der Waals surface area contributed by atoms with Crippen molar-refractivity contribution in [3.05, 3.63) is 0 Å². The van der Waals surface area contributed by atoms with Gasteiger partial charge in [0, 0.05) is 31.2 Å². The molecule has 1 rings (SSSR count). The molecule has 1 unspecified atom stereocenters. The Balaban J connectivity index is 2.25. The Morgan fingerprint density at radius 1 is 1.53 bits per heavy atom. The lowest BCUT2D eigenvalue weighted by Gasteiger charge is -2.41. The second-order valence-corrected chi connectivity index (χ2v) is 4.91. The number of carboxylic acids is 1. The topological polar surface area (TPSA) is 57.6 Å². The lowest BCUT2D eigenvalue weighted by molar-refractivity contribution is -0.150. The standard InChI is InChI=1S/C10H17NO3S/c1-7(10(13)14)8-5-11(6-8)9(12)3-4-15-2/h7-8H,3-6H2,1-2H3,(H,13,14). The van der Waals surface area contributed by atoms with Gasteiger partial charge in [-0.25, -0.2) is 0 Å². The molecule has 1 N–H and O–H groups in total. The molecule has 0 aliphatic carbocycles. The van der Waals surface area contributed by atoms with Gasteiger partial charge >= 0.3 is 5.97 Å². The van der Waals surface area contributed by atoms with E-state index in [-0.39, 0.29) is 17.7 Å². The van der Waals surface area contributed by atoms with Crippen LogP contribution in [0.25, 0.3) is 0 Å². The molecular formula is C10H17NO3S. The molecule has 0 spiro atoms. The molecule has 4 nitrogen and oxygen atoms in total. The van der Waals surface area contributed by atoms with E-state index in [2.05, 4.69) is 0 Å². The first-order valence-corrected chi connectivity index (χ1v) is 6.45. The molecule has 15 heavy (non-hydrogen) atoms. The Hall–Kier alpha value is -0.710. The van der Waals surface area contributed by atoms with Crippen molar-refractivity contribution in [1.29, 1.82) is 0 Å². The molecule has 0 bridgehead atoms. The maximum absolute atomic E-state index is 11.5. The summed E-state index contributed by atoms with van der Waals surface area (Å²) >= 11 is 1.65. The molecule has 5 heteroatoms. The summed E-state index contributed by atoms with van der Waals surface area (Å²) in [5.74, 6) is 0.0267. The van der Waals surface area contributed by atoms with Crippen molar-refractivity contribution in [2.75, 3.05) is 25.1 Å². The van der Waals surface area contributed by atoms with Crippen LogP contribution < -0.4 is 0 Å². The van der Waals surface area contributed by atoms with Crippen molar-refractivity contribution >= 4 is 23.6 Å². The van der Waals surface area contributed by atoms with E-state index in [1.54, 1.807) is 23.6 Å². The third-order valence-electron chi connectivity index (χ3n) is 2.88. The average molecular weight is 231 g/mol. The van der Waals surface area contributed by atoms with Crippen LogP contribution in [0, 0.1) is 11.8 Å². The van der Waals surface area contributed by atoms with E-state index < -0.39 is 5.97 Å². The number of hydrogen-bond donors (Lipinski definition) is 1. The highest BCUT2D eigenvalue weighted by Crippen LogP contribution is 2.24. The number of nitrogens with zero attached hydrogens (tertiary/aromatic N) is 1. The van der Waals surface area contributed by atoms with Crippen LogP contribution in [0.3, 0.4) is 0 Å². The van der Waals surface area contributed by atoms with Gasteiger partial charge in [0.2, 0.25) is 5.91 Å². The number of rotatable bonds is 5. The number of aliphatic carboxylic acids is 1. The molecule has 0 saturated carbocycles. The summed E-state index contributed by atoms with van der Waals surface area (Å²) in [5.41, 5.74) is 0. The van der Waals surface area contributed by atoms with E-state index >= 15 is 0 Å². The van der Waals surface area contributed by atoms with Gasteiger partial charge in [-0.2, -0.15) is 11.8 Å². The number of carbonyl (C=O) groups is 2. The van der Waals surface area contributed by atoms with Gasteiger partial charge in [-0.1, -0.05) is 6.92 Å². The maximum Gasteiger partial charge on any atom is 0.306 e. The van der Waals surface area contributed by atoms with Gasteiger partial charge in [-0.05, 0) is 6.26 Å². The van der Waals surface area contributed by atoms with Gasteiger partial charge in [0.1, 0.15) is 0 Å². The van der Waals surface area contributed by atoms with Crippen molar-refractivity contribution in [2.24, 2.45) is 11.8 Å². The lowest BCUT2D eigenvalue weighted by Crippen LogP contribution is -2.53. The second-order valence-electron chi connectivity index (χ2n) is 3.93. The third-order valence-corrected chi connectivity index (χ3v) is 3.49. The Kier molecular flexibility index (Phi) is 4.45. The molecule has 0 radical (unpaired) electrons. The van der Waals surface area contributed by atoms with E-state index in [4.69, 9.17) is 5.11 Å². The lowest BCUT2D eigenvalue weighted by atomic mass is 9.87. The van der Waals surface area contributed by atoms with Gasteiger partial charge in [0.25, 0.3) is 0 Å². The van der Waals surface area contributed by atoms with Crippen molar-refractivity contribution in [1.82, 2.24) is 4.90 Å². The first kappa shape index (κ1) is 12.4.